The lowest BCUT2D eigenvalue weighted by Gasteiger charge is -2.09. The number of hydrogen-bond acceptors (Lipinski definition) is 4. The first-order valence-electron chi connectivity index (χ1n) is 6.45. The van der Waals surface area contributed by atoms with Crippen molar-refractivity contribution in [2.24, 2.45) is 0 Å². The van der Waals surface area contributed by atoms with Gasteiger partial charge >= 0.3 is 5.69 Å². The third-order valence-corrected chi connectivity index (χ3v) is 3.17. The lowest BCUT2D eigenvalue weighted by atomic mass is 10.4. The van der Waals surface area contributed by atoms with Gasteiger partial charge in [-0.1, -0.05) is 0 Å². The van der Waals surface area contributed by atoms with Crippen LogP contribution < -0.4 is 11.2 Å². The highest BCUT2D eigenvalue weighted by Crippen LogP contribution is 2.07. The number of aryl methyl sites for hydroxylation is 2. The van der Waals surface area contributed by atoms with Gasteiger partial charge < -0.3 is 9.67 Å². The molecular formula is C12H18N4O3. The van der Waals surface area contributed by atoms with E-state index in [0.29, 0.717) is 37.2 Å². The molecule has 0 aliphatic rings. The number of imidazole rings is 1. The fraction of sp³-hybridized carbons (Fsp3) is 0.583. The Bertz CT molecular complexity index is 695. The Morgan fingerprint density at radius 3 is 2.47 bits per heavy atom. The second-order valence-corrected chi connectivity index (χ2v) is 4.26. The van der Waals surface area contributed by atoms with Gasteiger partial charge in [0.25, 0.3) is 5.56 Å². The molecule has 0 fully saturated rings. The van der Waals surface area contributed by atoms with Crippen LogP contribution in [0.15, 0.2) is 15.9 Å². The number of fused-ring (bicyclic) bond motifs is 1. The molecular weight excluding hydrogens is 248 g/mol. The molecule has 0 unspecified atom stereocenters. The second kappa shape index (κ2) is 5.40. The number of aliphatic hydroxyl groups excluding tert-OH is 1. The lowest BCUT2D eigenvalue weighted by Crippen LogP contribution is -2.40. The van der Waals surface area contributed by atoms with Crippen LogP contribution in [0.5, 0.6) is 0 Å². The topological polar surface area (TPSA) is 82.0 Å². The van der Waals surface area contributed by atoms with E-state index in [1.165, 1.54) is 9.13 Å². The standard InChI is InChI=1S/C12H18N4O3/c1-3-15-10-9(11(18)16(4-2)12(15)19)14(8-13-10)6-5-7-17/h8,17H,3-7H2,1-2H3. The van der Waals surface area contributed by atoms with Gasteiger partial charge in [-0.25, -0.2) is 9.78 Å². The van der Waals surface area contributed by atoms with Gasteiger partial charge in [-0.05, 0) is 20.3 Å². The largest absolute Gasteiger partial charge is 0.396 e. The molecule has 0 atom stereocenters. The Kier molecular flexibility index (Phi) is 3.84. The molecule has 0 saturated carbocycles. The van der Waals surface area contributed by atoms with Crippen molar-refractivity contribution in [1.82, 2.24) is 18.7 Å². The van der Waals surface area contributed by atoms with E-state index in [4.69, 9.17) is 5.11 Å². The average Bonchev–Trinajstić information content (AvgIpc) is 2.81. The summed E-state index contributed by atoms with van der Waals surface area (Å²) in [4.78, 5) is 28.6. The van der Waals surface area contributed by atoms with E-state index < -0.39 is 0 Å². The Morgan fingerprint density at radius 2 is 1.89 bits per heavy atom. The fourth-order valence-corrected chi connectivity index (χ4v) is 2.21. The van der Waals surface area contributed by atoms with Crippen molar-refractivity contribution in [3.8, 4) is 0 Å². The average molecular weight is 266 g/mol. The summed E-state index contributed by atoms with van der Waals surface area (Å²) in [5.74, 6) is 0. The van der Waals surface area contributed by atoms with E-state index in [1.807, 2.05) is 6.92 Å². The number of nitrogens with zero attached hydrogens (tertiary/aromatic N) is 4. The molecule has 0 spiro atoms. The molecule has 0 aromatic carbocycles. The van der Waals surface area contributed by atoms with Crippen molar-refractivity contribution < 1.29 is 5.11 Å². The van der Waals surface area contributed by atoms with Crippen LogP contribution in [0.4, 0.5) is 0 Å². The zero-order valence-electron chi connectivity index (χ0n) is 11.2. The van der Waals surface area contributed by atoms with Crippen molar-refractivity contribution in [1.29, 1.82) is 0 Å². The van der Waals surface area contributed by atoms with Crippen molar-refractivity contribution in [2.45, 2.75) is 39.9 Å². The molecule has 0 aliphatic carbocycles. The number of aromatic nitrogens is 4. The van der Waals surface area contributed by atoms with E-state index in [-0.39, 0.29) is 17.9 Å². The zero-order chi connectivity index (χ0) is 14.0. The summed E-state index contributed by atoms with van der Waals surface area (Å²) in [5, 5.41) is 8.88. The smallest absolute Gasteiger partial charge is 0.332 e. The van der Waals surface area contributed by atoms with Crippen molar-refractivity contribution in [2.75, 3.05) is 6.61 Å². The fourth-order valence-electron chi connectivity index (χ4n) is 2.21. The van der Waals surface area contributed by atoms with E-state index in [9.17, 15) is 9.59 Å². The van der Waals surface area contributed by atoms with Crippen LogP contribution in [0.1, 0.15) is 20.3 Å². The van der Waals surface area contributed by atoms with Crippen LogP contribution in [0.3, 0.4) is 0 Å². The van der Waals surface area contributed by atoms with Gasteiger partial charge in [-0.3, -0.25) is 13.9 Å². The molecule has 0 bridgehead atoms. The van der Waals surface area contributed by atoms with E-state index in [1.54, 1.807) is 17.8 Å². The molecule has 2 heterocycles. The first-order chi connectivity index (χ1) is 9.15. The van der Waals surface area contributed by atoms with Gasteiger partial charge in [0.1, 0.15) is 0 Å². The predicted octanol–water partition coefficient (Wildman–Crippen LogP) is -0.218. The van der Waals surface area contributed by atoms with Gasteiger partial charge in [-0.15, -0.1) is 0 Å². The first kappa shape index (κ1) is 13.5. The highest BCUT2D eigenvalue weighted by atomic mass is 16.3. The summed E-state index contributed by atoms with van der Waals surface area (Å²) in [6, 6.07) is 0. The summed E-state index contributed by atoms with van der Waals surface area (Å²) in [7, 11) is 0. The molecule has 7 heteroatoms. The normalized spacial score (nSPS) is 11.3. The van der Waals surface area contributed by atoms with E-state index in [2.05, 4.69) is 4.98 Å². The van der Waals surface area contributed by atoms with Gasteiger partial charge in [0.15, 0.2) is 11.2 Å². The summed E-state index contributed by atoms with van der Waals surface area (Å²) < 4.78 is 4.41. The maximum absolute atomic E-state index is 12.3. The summed E-state index contributed by atoms with van der Waals surface area (Å²) in [5.41, 5.74) is 0.203. The summed E-state index contributed by atoms with van der Waals surface area (Å²) in [6.45, 7) is 4.97. The van der Waals surface area contributed by atoms with Crippen molar-refractivity contribution >= 4 is 11.2 Å². The monoisotopic (exact) mass is 266 g/mol. The number of rotatable bonds is 5. The van der Waals surface area contributed by atoms with Crippen LogP contribution in [0.25, 0.3) is 11.2 Å². The Morgan fingerprint density at radius 1 is 1.21 bits per heavy atom. The van der Waals surface area contributed by atoms with E-state index in [0.717, 1.165) is 0 Å². The molecule has 2 aromatic heterocycles. The Balaban J connectivity index is 2.79. The Hall–Kier alpha value is -1.89. The minimum Gasteiger partial charge on any atom is -0.396 e. The van der Waals surface area contributed by atoms with Crippen LogP contribution >= 0.6 is 0 Å². The highest BCUT2D eigenvalue weighted by Gasteiger charge is 2.15. The molecule has 19 heavy (non-hydrogen) atoms. The predicted molar refractivity (Wildman–Crippen MR) is 71.3 cm³/mol. The lowest BCUT2D eigenvalue weighted by molar-refractivity contribution is 0.280. The molecule has 1 N–H and O–H groups in total. The zero-order valence-corrected chi connectivity index (χ0v) is 11.2. The van der Waals surface area contributed by atoms with Gasteiger partial charge in [0, 0.05) is 26.2 Å². The molecule has 7 nitrogen and oxygen atoms in total. The number of aliphatic hydroxyl groups is 1. The summed E-state index contributed by atoms with van der Waals surface area (Å²) in [6.07, 6.45) is 2.09. The first-order valence-corrected chi connectivity index (χ1v) is 6.45. The van der Waals surface area contributed by atoms with Crippen molar-refractivity contribution in [3.05, 3.63) is 27.2 Å². The van der Waals surface area contributed by atoms with Gasteiger partial charge in [0.05, 0.1) is 6.33 Å². The maximum atomic E-state index is 12.3. The van der Waals surface area contributed by atoms with Crippen LogP contribution in [0.2, 0.25) is 0 Å². The summed E-state index contributed by atoms with van der Waals surface area (Å²) >= 11 is 0. The molecule has 2 aromatic rings. The Labute approximate surface area is 109 Å². The highest BCUT2D eigenvalue weighted by molar-refractivity contribution is 5.70. The minimum absolute atomic E-state index is 0.0507. The molecule has 0 amide bonds. The van der Waals surface area contributed by atoms with Crippen LogP contribution in [-0.4, -0.2) is 30.4 Å². The van der Waals surface area contributed by atoms with E-state index >= 15 is 0 Å². The van der Waals surface area contributed by atoms with Crippen molar-refractivity contribution in [3.63, 3.8) is 0 Å². The molecule has 0 radical (unpaired) electrons. The molecule has 0 saturated heterocycles. The molecule has 104 valence electrons. The quantitative estimate of drug-likeness (QED) is 0.811. The van der Waals surface area contributed by atoms with Crippen LogP contribution in [0, 0.1) is 0 Å². The maximum Gasteiger partial charge on any atom is 0.332 e. The molecule has 0 aliphatic heterocycles. The number of hydrogen-bond donors (Lipinski definition) is 1. The SMILES string of the molecule is CCn1c(=O)c2c(ncn2CCCO)n(CC)c1=O. The minimum atomic E-state index is -0.324. The second-order valence-electron chi connectivity index (χ2n) is 4.26. The van der Waals surface area contributed by atoms with Crippen LogP contribution in [-0.2, 0) is 19.6 Å². The van der Waals surface area contributed by atoms with Gasteiger partial charge in [0.2, 0.25) is 0 Å². The van der Waals surface area contributed by atoms with Gasteiger partial charge in [-0.2, -0.15) is 0 Å². The third kappa shape index (κ3) is 2.10. The molecule has 2 rings (SSSR count). The third-order valence-electron chi connectivity index (χ3n) is 3.17.